The van der Waals surface area contributed by atoms with Crippen molar-refractivity contribution in [2.75, 3.05) is 18.0 Å². The van der Waals surface area contributed by atoms with E-state index < -0.39 is 10.0 Å². The van der Waals surface area contributed by atoms with Crippen molar-refractivity contribution in [3.8, 4) is 5.75 Å². The van der Waals surface area contributed by atoms with Gasteiger partial charge in [-0.05, 0) is 55.5 Å². The zero-order valence-corrected chi connectivity index (χ0v) is 14.2. The number of sulfonamides is 1. The van der Waals surface area contributed by atoms with E-state index in [1.807, 2.05) is 0 Å². The van der Waals surface area contributed by atoms with Gasteiger partial charge in [-0.25, -0.2) is 8.42 Å². The van der Waals surface area contributed by atoms with Crippen molar-refractivity contribution >= 4 is 31.6 Å². The van der Waals surface area contributed by atoms with E-state index in [-0.39, 0.29) is 4.90 Å². The molecule has 0 atom stereocenters. The zero-order chi connectivity index (χ0) is 15.5. The minimum Gasteiger partial charge on any atom is -0.497 e. The Morgan fingerprint density at radius 3 is 2.10 bits per heavy atom. The molecule has 0 amide bonds. The molecule has 0 unspecified atom stereocenters. The molecule has 21 heavy (non-hydrogen) atoms. The lowest BCUT2D eigenvalue weighted by atomic mass is 10.3. The predicted octanol–water partition coefficient (Wildman–Crippen LogP) is 3.67. The number of benzene rings is 2. The lowest BCUT2D eigenvalue weighted by molar-refractivity contribution is 0.415. The molecule has 0 aromatic heterocycles. The van der Waals surface area contributed by atoms with Crippen molar-refractivity contribution in [1.82, 2.24) is 0 Å². The highest BCUT2D eigenvalue weighted by molar-refractivity contribution is 9.10. The van der Waals surface area contributed by atoms with E-state index in [1.165, 1.54) is 4.31 Å². The third-order valence-corrected chi connectivity index (χ3v) is 5.50. The Labute approximate surface area is 133 Å². The van der Waals surface area contributed by atoms with Gasteiger partial charge in [0, 0.05) is 11.0 Å². The van der Waals surface area contributed by atoms with E-state index in [0.29, 0.717) is 18.0 Å². The zero-order valence-electron chi connectivity index (χ0n) is 11.8. The molecule has 2 aromatic rings. The normalized spacial score (nSPS) is 11.2. The van der Waals surface area contributed by atoms with Gasteiger partial charge in [0.15, 0.2) is 0 Å². The van der Waals surface area contributed by atoms with Gasteiger partial charge in [0.1, 0.15) is 5.75 Å². The summed E-state index contributed by atoms with van der Waals surface area (Å²) < 4.78 is 32.7. The molecule has 0 spiro atoms. The molecule has 2 aromatic carbocycles. The SMILES string of the molecule is CCN(c1ccc(OC)cc1)S(=O)(=O)c1ccc(Br)cc1. The van der Waals surface area contributed by atoms with Crippen LogP contribution < -0.4 is 9.04 Å². The summed E-state index contributed by atoms with van der Waals surface area (Å²) in [7, 11) is -1.99. The first kappa shape index (κ1) is 15.9. The van der Waals surface area contributed by atoms with Gasteiger partial charge in [-0.2, -0.15) is 0 Å². The largest absolute Gasteiger partial charge is 0.497 e. The maximum Gasteiger partial charge on any atom is 0.264 e. The Hall–Kier alpha value is -1.53. The van der Waals surface area contributed by atoms with Crippen LogP contribution in [-0.2, 0) is 10.0 Å². The Bertz CT molecular complexity index is 697. The first-order valence-corrected chi connectivity index (χ1v) is 8.64. The number of hydrogen-bond donors (Lipinski definition) is 0. The van der Waals surface area contributed by atoms with Crippen LogP contribution in [0.4, 0.5) is 5.69 Å². The molecule has 0 fully saturated rings. The van der Waals surface area contributed by atoms with Gasteiger partial charge in [0.25, 0.3) is 10.0 Å². The van der Waals surface area contributed by atoms with Crippen molar-refractivity contribution in [1.29, 1.82) is 0 Å². The molecule has 0 aliphatic rings. The molecule has 0 saturated carbocycles. The molecule has 0 radical (unpaired) electrons. The number of hydrogen-bond acceptors (Lipinski definition) is 3. The standard InChI is InChI=1S/C15H16BrNO3S/c1-3-17(13-6-8-14(20-2)9-7-13)21(18,19)15-10-4-12(16)5-11-15/h4-11H,3H2,1-2H3. The van der Waals surface area contributed by atoms with Gasteiger partial charge in [-0.3, -0.25) is 4.31 Å². The average Bonchev–Trinajstić information content (AvgIpc) is 2.49. The van der Waals surface area contributed by atoms with Crippen LogP contribution in [0.5, 0.6) is 5.75 Å². The molecule has 0 saturated heterocycles. The molecule has 0 aliphatic heterocycles. The Balaban J connectivity index is 2.41. The third kappa shape index (κ3) is 3.39. The highest BCUT2D eigenvalue weighted by Gasteiger charge is 2.23. The first-order valence-electron chi connectivity index (χ1n) is 6.41. The summed E-state index contributed by atoms with van der Waals surface area (Å²) in [5, 5.41) is 0. The maximum atomic E-state index is 12.7. The van der Waals surface area contributed by atoms with Crippen LogP contribution in [-0.4, -0.2) is 22.1 Å². The van der Waals surface area contributed by atoms with Crippen molar-refractivity contribution < 1.29 is 13.2 Å². The number of methoxy groups -OCH3 is 1. The lowest BCUT2D eigenvalue weighted by Gasteiger charge is -2.23. The summed E-state index contributed by atoms with van der Waals surface area (Å²) in [5.41, 5.74) is 0.612. The molecule has 0 bridgehead atoms. The molecule has 2 rings (SSSR count). The van der Waals surface area contributed by atoms with Crippen LogP contribution in [0.1, 0.15) is 6.92 Å². The van der Waals surface area contributed by atoms with Gasteiger partial charge < -0.3 is 4.74 Å². The second-order valence-corrected chi connectivity index (χ2v) is 7.10. The molecule has 0 heterocycles. The number of halogens is 1. The van der Waals surface area contributed by atoms with E-state index in [4.69, 9.17) is 4.74 Å². The topological polar surface area (TPSA) is 46.6 Å². The molecule has 112 valence electrons. The first-order chi connectivity index (χ1) is 9.98. The van der Waals surface area contributed by atoms with Crippen LogP contribution in [0.15, 0.2) is 57.9 Å². The smallest absolute Gasteiger partial charge is 0.264 e. The van der Waals surface area contributed by atoms with Crippen LogP contribution in [0.25, 0.3) is 0 Å². The van der Waals surface area contributed by atoms with Crippen LogP contribution >= 0.6 is 15.9 Å². The molecule has 4 nitrogen and oxygen atoms in total. The average molecular weight is 370 g/mol. The molecular weight excluding hydrogens is 354 g/mol. The quantitative estimate of drug-likeness (QED) is 0.807. The Morgan fingerprint density at radius 1 is 1.05 bits per heavy atom. The predicted molar refractivity (Wildman–Crippen MR) is 87.3 cm³/mol. The van der Waals surface area contributed by atoms with Gasteiger partial charge in [-0.1, -0.05) is 15.9 Å². The summed E-state index contributed by atoms with van der Waals surface area (Å²) in [6.45, 7) is 2.16. The summed E-state index contributed by atoms with van der Waals surface area (Å²) in [4.78, 5) is 0.267. The fourth-order valence-corrected chi connectivity index (χ4v) is 3.71. The molecular formula is C15H16BrNO3S. The number of rotatable bonds is 5. The number of anilines is 1. The number of nitrogens with zero attached hydrogens (tertiary/aromatic N) is 1. The van der Waals surface area contributed by atoms with Gasteiger partial charge >= 0.3 is 0 Å². The van der Waals surface area contributed by atoms with Gasteiger partial charge in [0.2, 0.25) is 0 Å². The van der Waals surface area contributed by atoms with E-state index in [1.54, 1.807) is 62.6 Å². The van der Waals surface area contributed by atoms with Crippen LogP contribution in [0.3, 0.4) is 0 Å². The summed E-state index contributed by atoms with van der Waals surface area (Å²) in [6.07, 6.45) is 0. The monoisotopic (exact) mass is 369 g/mol. The van der Waals surface area contributed by atoms with E-state index >= 15 is 0 Å². The van der Waals surface area contributed by atoms with E-state index in [0.717, 1.165) is 4.47 Å². The number of ether oxygens (including phenoxy) is 1. The fraction of sp³-hybridized carbons (Fsp3) is 0.200. The summed E-state index contributed by atoms with van der Waals surface area (Å²) >= 11 is 3.30. The van der Waals surface area contributed by atoms with Gasteiger partial charge in [0.05, 0.1) is 17.7 Å². The van der Waals surface area contributed by atoms with Gasteiger partial charge in [-0.15, -0.1) is 0 Å². The third-order valence-electron chi connectivity index (χ3n) is 3.05. The van der Waals surface area contributed by atoms with E-state index in [9.17, 15) is 8.42 Å². The van der Waals surface area contributed by atoms with E-state index in [2.05, 4.69) is 15.9 Å². The molecule has 0 aliphatic carbocycles. The highest BCUT2D eigenvalue weighted by atomic mass is 79.9. The Kier molecular flexibility index (Phi) is 4.90. The molecule has 0 N–H and O–H groups in total. The maximum absolute atomic E-state index is 12.7. The minimum atomic E-state index is -3.57. The summed E-state index contributed by atoms with van der Waals surface area (Å²) in [5.74, 6) is 0.691. The van der Waals surface area contributed by atoms with Crippen molar-refractivity contribution in [2.45, 2.75) is 11.8 Å². The summed E-state index contributed by atoms with van der Waals surface area (Å²) in [6, 6.07) is 13.6. The molecule has 6 heteroatoms. The van der Waals surface area contributed by atoms with Crippen molar-refractivity contribution in [3.63, 3.8) is 0 Å². The van der Waals surface area contributed by atoms with Crippen LogP contribution in [0.2, 0.25) is 0 Å². The Morgan fingerprint density at radius 2 is 1.62 bits per heavy atom. The second-order valence-electron chi connectivity index (χ2n) is 4.32. The fourth-order valence-electron chi connectivity index (χ4n) is 1.97. The van der Waals surface area contributed by atoms with Crippen LogP contribution in [0, 0.1) is 0 Å². The minimum absolute atomic E-state index is 0.267. The van der Waals surface area contributed by atoms with Crippen molar-refractivity contribution in [2.24, 2.45) is 0 Å². The highest BCUT2D eigenvalue weighted by Crippen LogP contribution is 2.26. The van der Waals surface area contributed by atoms with Crippen molar-refractivity contribution in [3.05, 3.63) is 53.0 Å². The lowest BCUT2D eigenvalue weighted by Crippen LogP contribution is -2.30. The second kappa shape index (κ2) is 6.49.